The molecule has 324 valence electrons. The Hall–Kier alpha value is -9.18. The van der Waals surface area contributed by atoms with Crippen LogP contribution < -0.4 is 4.90 Å². The Morgan fingerprint density at radius 2 is 0.710 bits per heavy atom. The zero-order valence-corrected chi connectivity index (χ0v) is 37.8. The molecule has 0 bridgehead atoms. The molecule has 0 saturated heterocycles. The normalized spacial score (nSPS) is 11.5. The zero-order valence-electron chi connectivity index (χ0n) is 37.8. The Kier molecular flexibility index (Phi) is 9.84. The van der Waals surface area contributed by atoms with E-state index in [2.05, 4.69) is 287 Å². The van der Waals surface area contributed by atoms with E-state index in [0.29, 0.717) is 0 Å². The molecule has 0 atom stereocenters. The summed E-state index contributed by atoms with van der Waals surface area (Å²) in [5.41, 5.74) is 19.6. The first-order valence-corrected chi connectivity index (χ1v) is 23.7. The lowest BCUT2D eigenvalue weighted by atomic mass is 9.87. The summed E-state index contributed by atoms with van der Waals surface area (Å²) in [6.45, 7) is 0. The molecular weight excluding hydrogens is 835 g/mol. The van der Waals surface area contributed by atoms with Crippen molar-refractivity contribution in [2.75, 3.05) is 4.90 Å². The van der Waals surface area contributed by atoms with Gasteiger partial charge in [-0.3, -0.25) is 0 Å². The quantitative estimate of drug-likeness (QED) is 0.141. The maximum Gasteiger partial charge on any atom is 0.0547 e. The number of anilines is 3. The van der Waals surface area contributed by atoms with Crippen molar-refractivity contribution in [3.8, 4) is 55.9 Å². The Balaban J connectivity index is 1.04. The van der Waals surface area contributed by atoms with E-state index < -0.39 is 0 Å². The van der Waals surface area contributed by atoms with Crippen molar-refractivity contribution in [2.45, 2.75) is 0 Å². The number of hydrogen-bond acceptors (Lipinski definition) is 1. The van der Waals surface area contributed by atoms with Crippen LogP contribution in [0.2, 0.25) is 0 Å². The van der Waals surface area contributed by atoms with E-state index in [9.17, 15) is 0 Å². The summed E-state index contributed by atoms with van der Waals surface area (Å²) < 4.78 is 4.78. The molecule has 3 heteroatoms. The van der Waals surface area contributed by atoms with E-state index in [4.69, 9.17) is 0 Å². The molecule has 0 aliphatic heterocycles. The molecule has 0 spiro atoms. The summed E-state index contributed by atoms with van der Waals surface area (Å²) in [6, 6.07) is 99.3. The maximum atomic E-state index is 2.47. The Bertz CT molecular complexity index is 3980. The van der Waals surface area contributed by atoms with Gasteiger partial charge in [-0.25, -0.2) is 0 Å². The van der Waals surface area contributed by atoms with E-state index >= 15 is 0 Å². The molecule has 0 radical (unpaired) electrons. The van der Waals surface area contributed by atoms with Gasteiger partial charge in [0.1, 0.15) is 0 Å². The van der Waals surface area contributed by atoms with Gasteiger partial charge in [0, 0.05) is 49.9 Å². The Morgan fingerprint density at radius 3 is 1.36 bits per heavy atom. The van der Waals surface area contributed by atoms with Crippen LogP contribution in [0.1, 0.15) is 0 Å². The van der Waals surface area contributed by atoms with Crippen molar-refractivity contribution in [2.24, 2.45) is 0 Å². The van der Waals surface area contributed by atoms with E-state index in [1.54, 1.807) is 0 Å². The molecule has 2 heterocycles. The average molecular weight is 880 g/mol. The minimum Gasteiger partial charge on any atom is -0.310 e. The van der Waals surface area contributed by atoms with E-state index in [1.165, 1.54) is 71.5 Å². The van der Waals surface area contributed by atoms with Gasteiger partial charge in [0.15, 0.2) is 0 Å². The number of hydrogen-bond donors (Lipinski definition) is 0. The van der Waals surface area contributed by atoms with Crippen LogP contribution in [0.3, 0.4) is 0 Å². The minimum atomic E-state index is 1.06. The van der Waals surface area contributed by atoms with Crippen molar-refractivity contribution in [1.29, 1.82) is 0 Å². The summed E-state index contributed by atoms with van der Waals surface area (Å²) in [5.74, 6) is 0. The first kappa shape index (κ1) is 40.1. The first-order valence-electron chi connectivity index (χ1n) is 23.7. The molecule has 3 nitrogen and oxygen atoms in total. The fourth-order valence-corrected chi connectivity index (χ4v) is 10.6. The lowest BCUT2D eigenvalue weighted by Gasteiger charge is -2.30. The molecule has 0 N–H and O–H groups in total. The Morgan fingerprint density at radius 1 is 0.246 bits per heavy atom. The fourth-order valence-electron chi connectivity index (χ4n) is 10.6. The number of fused-ring (bicyclic) bond motifs is 6. The van der Waals surface area contributed by atoms with Crippen LogP contribution in [-0.4, -0.2) is 9.13 Å². The highest BCUT2D eigenvalue weighted by molar-refractivity contribution is 6.12. The molecule has 0 aliphatic carbocycles. The second-order valence-electron chi connectivity index (χ2n) is 17.7. The summed E-state index contributed by atoms with van der Waals surface area (Å²) in [7, 11) is 0. The fraction of sp³-hybridized carbons (Fsp3) is 0. The minimum absolute atomic E-state index is 1.06. The second kappa shape index (κ2) is 16.9. The molecular formula is C66H45N3. The molecule has 0 aliphatic rings. The molecule has 13 rings (SSSR count). The largest absolute Gasteiger partial charge is 0.310 e. The molecule has 11 aromatic carbocycles. The monoisotopic (exact) mass is 879 g/mol. The average Bonchev–Trinajstić information content (AvgIpc) is 3.94. The van der Waals surface area contributed by atoms with Gasteiger partial charge in [0.05, 0.1) is 27.8 Å². The van der Waals surface area contributed by atoms with Crippen molar-refractivity contribution >= 4 is 60.7 Å². The molecule has 69 heavy (non-hydrogen) atoms. The highest BCUT2D eigenvalue weighted by Gasteiger charge is 2.24. The van der Waals surface area contributed by atoms with Crippen LogP contribution in [-0.2, 0) is 0 Å². The van der Waals surface area contributed by atoms with Crippen LogP contribution in [0, 0.1) is 0 Å². The highest BCUT2D eigenvalue weighted by Crippen LogP contribution is 2.49. The van der Waals surface area contributed by atoms with E-state index in [-0.39, 0.29) is 0 Å². The van der Waals surface area contributed by atoms with Crippen LogP contribution in [0.5, 0.6) is 0 Å². The first-order chi connectivity index (χ1) is 34.3. The summed E-state index contributed by atoms with van der Waals surface area (Å²) >= 11 is 0. The topological polar surface area (TPSA) is 13.1 Å². The highest BCUT2D eigenvalue weighted by atomic mass is 15.1. The van der Waals surface area contributed by atoms with Gasteiger partial charge in [0.25, 0.3) is 0 Å². The second-order valence-corrected chi connectivity index (χ2v) is 17.7. The number of rotatable bonds is 9. The molecule has 0 fully saturated rings. The third-order valence-electron chi connectivity index (χ3n) is 13.7. The van der Waals surface area contributed by atoms with Gasteiger partial charge in [-0.2, -0.15) is 0 Å². The van der Waals surface area contributed by atoms with Gasteiger partial charge in [-0.05, 0) is 118 Å². The predicted molar refractivity (Wildman–Crippen MR) is 292 cm³/mol. The third kappa shape index (κ3) is 6.91. The molecule has 0 unspecified atom stereocenters. The maximum absolute atomic E-state index is 2.47. The molecule has 0 saturated carbocycles. The van der Waals surface area contributed by atoms with Gasteiger partial charge in [-0.1, -0.05) is 194 Å². The van der Waals surface area contributed by atoms with Crippen molar-refractivity contribution < 1.29 is 0 Å². The van der Waals surface area contributed by atoms with Crippen LogP contribution >= 0.6 is 0 Å². The van der Waals surface area contributed by atoms with Crippen molar-refractivity contribution in [1.82, 2.24) is 9.13 Å². The van der Waals surface area contributed by atoms with Crippen LogP contribution in [0.25, 0.3) is 99.5 Å². The SMILES string of the molecule is c1ccc(-c2ccccc2-c2c(-c3ccccc3)cccc2N(c2ccc(-c3ccc4c5ccccc5n(-c5ccccc5)c4c3)cc2)c2ccc3c(c2)c2ccccc2n3-c2ccccc2)cc1. The summed E-state index contributed by atoms with van der Waals surface area (Å²) in [6.07, 6.45) is 0. The number of para-hydroxylation sites is 4. The third-order valence-corrected chi connectivity index (χ3v) is 13.7. The van der Waals surface area contributed by atoms with Crippen LogP contribution in [0.4, 0.5) is 17.1 Å². The summed E-state index contributed by atoms with van der Waals surface area (Å²) in [4.78, 5) is 2.47. The summed E-state index contributed by atoms with van der Waals surface area (Å²) in [5, 5.41) is 4.90. The number of nitrogens with zero attached hydrogens (tertiary/aromatic N) is 3. The molecule has 0 amide bonds. The van der Waals surface area contributed by atoms with Gasteiger partial charge in [-0.15, -0.1) is 0 Å². The molecule has 13 aromatic rings. The van der Waals surface area contributed by atoms with E-state index in [0.717, 1.165) is 45.1 Å². The van der Waals surface area contributed by atoms with Crippen molar-refractivity contribution in [3.05, 3.63) is 273 Å². The zero-order chi connectivity index (χ0) is 45.7. The van der Waals surface area contributed by atoms with Gasteiger partial charge < -0.3 is 14.0 Å². The predicted octanol–water partition coefficient (Wildman–Crippen LogP) is 18.0. The standard InChI is InChI=1S/C66H45N3/c1-5-20-47(21-6-1)54-28-13-14-31-59(54)66-55(48-22-7-2-8-23-48)32-19-35-64(66)67(53-41-43-63-60(45-53)57-30-16-18-34-62(57)68(63)50-24-9-3-10-25-50)52-39-36-46(37-40-52)49-38-42-58-56-29-15-17-33-61(56)69(65(58)44-49)51-26-11-4-12-27-51/h1-45H. The number of aromatic nitrogens is 2. The van der Waals surface area contributed by atoms with Gasteiger partial charge in [0.2, 0.25) is 0 Å². The van der Waals surface area contributed by atoms with Crippen molar-refractivity contribution in [3.63, 3.8) is 0 Å². The van der Waals surface area contributed by atoms with Crippen LogP contribution in [0.15, 0.2) is 273 Å². The molecule has 2 aromatic heterocycles. The lowest BCUT2D eigenvalue weighted by molar-refractivity contribution is 1.18. The Labute approximate surface area is 401 Å². The lowest BCUT2D eigenvalue weighted by Crippen LogP contribution is -2.12. The smallest absolute Gasteiger partial charge is 0.0547 e. The number of benzene rings is 11. The van der Waals surface area contributed by atoms with E-state index in [1.807, 2.05) is 0 Å². The van der Waals surface area contributed by atoms with Gasteiger partial charge >= 0.3 is 0 Å².